The lowest BCUT2D eigenvalue weighted by Crippen LogP contribution is -2.02. The predicted molar refractivity (Wildman–Crippen MR) is 113 cm³/mol. The van der Waals surface area contributed by atoms with E-state index in [9.17, 15) is 0 Å². The van der Waals surface area contributed by atoms with Crippen molar-refractivity contribution in [2.24, 2.45) is 5.16 Å². The summed E-state index contributed by atoms with van der Waals surface area (Å²) in [5, 5.41) is 6.40. The first-order valence-electron chi connectivity index (χ1n) is 9.45. The molecule has 5 heteroatoms. The zero-order chi connectivity index (χ0) is 19.3. The number of aryl methyl sites for hydroxylation is 2. The van der Waals surface area contributed by atoms with Crippen molar-refractivity contribution in [3.05, 3.63) is 77.9 Å². The third-order valence-corrected chi connectivity index (χ3v) is 4.62. The molecule has 140 valence electrons. The molecule has 0 spiro atoms. The number of hydrogen-bond donors (Lipinski definition) is 0. The van der Waals surface area contributed by atoms with Gasteiger partial charge in [-0.3, -0.25) is 15.0 Å². The fraction of sp³-hybridized carbons (Fsp3) is 0.217. The Morgan fingerprint density at radius 3 is 2.61 bits per heavy atom. The summed E-state index contributed by atoms with van der Waals surface area (Å²) in [4.78, 5) is 19.3. The number of fused-ring (bicyclic) bond motifs is 3. The van der Waals surface area contributed by atoms with Crippen LogP contribution < -0.4 is 0 Å². The lowest BCUT2D eigenvalue weighted by molar-refractivity contribution is 0.141. The Bertz CT molecular complexity index is 1150. The van der Waals surface area contributed by atoms with Crippen molar-refractivity contribution in [3.8, 4) is 0 Å². The number of benzene rings is 1. The van der Waals surface area contributed by atoms with E-state index < -0.39 is 0 Å². The summed E-state index contributed by atoms with van der Waals surface area (Å²) in [6, 6.07) is 18.2. The molecule has 0 amide bonds. The van der Waals surface area contributed by atoms with Gasteiger partial charge in [0.15, 0.2) is 0 Å². The predicted octanol–water partition coefficient (Wildman–Crippen LogP) is 4.86. The van der Waals surface area contributed by atoms with Gasteiger partial charge in [-0.2, -0.15) is 0 Å². The first-order chi connectivity index (χ1) is 13.7. The van der Waals surface area contributed by atoms with Gasteiger partial charge in [0.25, 0.3) is 0 Å². The molecule has 3 heterocycles. The Balaban J connectivity index is 1.39. The van der Waals surface area contributed by atoms with E-state index in [0.29, 0.717) is 6.61 Å². The van der Waals surface area contributed by atoms with Crippen LogP contribution in [-0.4, -0.2) is 27.3 Å². The molecule has 4 rings (SSSR count). The molecule has 28 heavy (non-hydrogen) atoms. The molecule has 0 aliphatic rings. The minimum Gasteiger partial charge on any atom is -0.396 e. The van der Waals surface area contributed by atoms with Crippen molar-refractivity contribution in [2.45, 2.75) is 26.7 Å². The third kappa shape index (κ3) is 3.98. The van der Waals surface area contributed by atoms with Gasteiger partial charge >= 0.3 is 0 Å². The van der Waals surface area contributed by atoms with E-state index in [-0.39, 0.29) is 0 Å². The molecule has 0 aliphatic heterocycles. The maximum Gasteiger partial charge on any atom is 0.117 e. The molecular formula is C23H22N4O. The lowest BCUT2D eigenvalue weighted by Gasteiger charge is -2.06. The minimum absolute atomic E-state index is 0.538. The summed E-state index contributed by atoms with van der Waals surface area (Å²) in [7, 11) is 0. The smallest absolute Gasteiger partial charge is 0.117 e. The van der Waals surface area contributed by atoms with Crippen LogP contribution >= 0.6 is 0 Å². The van der Waals surface area contributed by atoms with Crippen molar-refractivity contribution >= 4 is 27.5 Å². The van der Waals surface area contributed by atoms with Crippen molar-refractivity contribution in [2.75, 3.05) is 6.61 Å². The van der Waals surface area contributed by atoms with Crippen molar-refractivity contribution in [1.29, 1.82) is 0 Å². The van der Waals surface area contributed by atoms with Crippen molar-refractivity contribution < 1.29 is 4.84 Å². The summed E-state index contributed by atoms with van der Waals surface area (Å²) >= 11 is 0. The van der Waals surface area contributed by atoms with Crippen LogP contribution in [0.3, 0.4) is 0 Å². The largest absolute Gasteiger partial charge is 0.396 e. The van der Waals surface area contributed by atoms with Gasteiger partial charge in [-0.25, -0.2) is 0 Å². The average Bonchev–Trinajstić information content (AvgIpc) is 2.73. The Kier molecular flexibility index (Phi) is 5.24. The maximum absolute atomic E-state index is 5.48. The highest BCUT2D eigenvalue weighted by molar-refractivity contribution is 6.02. The molecule has 0 saturated heterocycles. The second-order valence-corrected chi connectivity index (χ2v) is 6.79. The van der Waals surface area contributed by atoms with Crippen LogP contribution in [0.4, 0.5) is 0 Å². The third-order valence-electron chi connectivity index (χ3n) is 4.62. The van der Waals surface area contributed by atoms with E-state index >= 15 is 0 Å². The number of rotatable bonds is 6. The highest BCUT2D eigenvalue weighted by Crippen LogP contribution is 2.22. The van der Waals surface area contributed by atoms with Crippen molar-refractivity contribution in [1.82, 2.24) is 15.0 Å². The standard InChI is InChI=1S/C23H22N4O/c1-16-6-3-9-21(25-16)17(2)27-28-15-5-8-20-13-12-19-11-10-18-7-4-14-24-22(18)23(19)26-20/h3-4,6-7,9-14H,5,8,15H2,1-2H3. The molecule has 3 aromatic heterocycles. The zero-order valence-electron chi connectivity index (χ0n) is 16.1. The molecule has 1 aromatic carbocycles. The molecule has 4 aromatic rings. The van der Waals surface area contributed by atoms with Crippen LogP contribution in [0.15, 0.2) is 65.9 Å². The summed E-state index contributed by atoms with van der Waals surface area (Å²) in [5.74, 6) is 0. The number of oxime groups is 1. The maximum atomic E-state index is 5.48. The van der Waals surface area contributed by atoms with E-state index in [2.05, 4.69) is 45.5 Å². The lowest BCUT2D eigenvalue weighted by atomic mass is 10.1. The van der Waals surface area contributed by atoms with Crippen LogP contribution in [0.5, 0.6) is 0 Å². The van der Waals surface area contributed by atoms with Crippen LogP contribution in [0.1, 0.15) is 30.4 Å². The van der Waals surface area contributed by atoms with Gasteiger partial charge in [0.2, 0.25) is 0 Å². The summed E-state index contributed by atoms with van der Waals surface area (Å²) in [5.41, 5.74) is 5.53. The molecule has 0 fully saturated rings. The van der Waals surface area contributed by atoms with Crippen LogP contribution in [0.25, 0.3) is 21.8 Å². The van der Waals surface area contributed by atoms with Crippen LogP contribution in [0, 0.1) is 6.92 Å². The number of nitrogens with zero attached hydrogens (tertiary/aromatic N) is 4. The van der Waals surface area contributed by atoms with E-state index in [1.54, 1.807) is 0 Å². The quantitative estimate of drug-likeness (QED) is 0.210. The monoisotopic (exact) mass is 370 g/mol. The van der Waals surface area contributed by atoms with Crippen molar-refractivity contribution in [3.63, 3.8) is 0 Å². The summed E-state index contributed by atoms with van der Waals surface area (Å²) in [6.07, 6.45) is 3.48. The first kappa shape index (κ1) is 18.0. The Labute approximate surface area is 164 Å². The molecule has 0 aliphatic carbocycles. The number of aromatic nitrogens is 3. The first-order valence-corrected chi connectivity index (χ1v) is 9.45. The van der Waals surface area contributed by atoms with Gasteiger partial charge in [0.1, 0.15) is 12.3 Å². The van der Waals surface area contributed by atoms with E-state index in [4.69, 9.17) is 9.82 Å². The fourth-order valence-corrected chi connectivity index (χ4v) is 3.15. The molecule has 0 unspecified atom stereocenters. The summed E-state index contributed by atoms with van der Waals surface area (Å²) in [6.45, 7) is 4.41. The molecule has 0 bridgehead atoms. The molecule has 5 nitrogen and oxygen atoms in total. The molecule has 0 N–H and O–H groups in total. The zero-order valence-corrected chi connectivity index (χ0v) is 16.1. The van der Waals surface area contributed by atoms with Gasteiger partial charge < -0.3 is 4.84 Å². The van der Waals surface area contributed by atoms with Gasteiger partial charge in [-0.05, 0) is 51.0 Å². The molecule has 0 radical (unpaired) electrons. The van der Waals surface area contributed by atoms with E-state index in [1.165, 1.54) is 0 Å². The highest BCUT2D eigenvalue weighted by Gasteiger charge is 2.05. The Morgan fingerprint density at radius 1 is 0.929 bits per heavy atom. The Morgan fingerprint density at radius 2 is 1.75 bits per heavy atom. The summed E-state index contributed by atoms with van der Waals surface area (Å²) < 4.78 is 0. The second kappa shape index (κ2) is 8.13. The van der Waals surface area contributed by atoms with Gasteiger partial charge in [-0.1, -0.05) is 35.5 Å². The minimum atomic E-state index is 0.538. The number of pyridine rings is 3. The highest BCUT2D eigenvalue weighted by atomic mass is 16.6. The van der Waals surface area contributed by atoms with Gasteiger partial charge in [0.05, 0.1) is 16.7 Å². The van der Waals surface area contributed by atoms with Gasteiger partial charge in [0, 0.05) is 28.4 Å². The van der Waals surface area contributed by atoms with E-state index in [0.717, 1.165) is 57.4 Å². The SMILES string of the molecule is CC(=NOCCCc1ccc2ccc3cccnc3c2n1)c1cccc(C)n1. The molecule has 0 saturated carbocycles. The second-order valence-electron chi connectivity index (χ2n) is 6.79. The molecular weight excluding hydrogens is 348 g/mol. The van der Waals surface area contributed by atoms with E-state index in [1.807, 2.05) is 44.3 Å². The number of hydrogen-bond acceptors (Lipinski definition) is 5. The molecule has 0 atom stereocenters. The topological polar surface area (TPSA) is 60.3 Å². The normalized spacial score (nSPS) is 11.9. The average molecular weight is 370 g/mol. The van der Waals surface area contributed by atoms with Crippen LogP contribution in [0.2, 0.25) is 0 Å². The van der Waals surface area contributed by atoms with Crippen LogP contribution in [-0.2, 0) is 11.3 Å². The Hall–Kier alpha value is -3.34. The van der Waals surface area contributed by atoms with Gasteiger partial charge in [-0.15, -0.1) is 0 Å². The fourth-order valence-electron chi connectivity index (χ4n) is 3.15.